The monoisotopic (exact) mass is 483 g/mol. The van der Waals surface area contributed by atoms with E-state index < -0.39 is 5.97 Å². The molecule has 1 N–H and O–H groups in total. The van der Waals surface area contributed by atoms with Gasteiger partial charge >= 0.3 is 5.97 Å². The summed E-state index contributed by atoms with van der Waals surface area (Å²) in [5, 5.41) is 9.51. The van der Waals surface area contributed by atoms with Crippen molar-refractivity contribution in [3.63, 3.8) is 0 Å². The number of ether oxygens (including phenoxy) is 1. The van der Waals surface area contributed by atoms with Crippen LogP contribution in [-0.2, 0) is 17.6 Å². The first-order chi connectivity index (χ1) is 15.0. The summed E-state index contributed by atoms with van der Waals surface area (Å²) in [5.41, 5.74) is 4.20. The Morgan fingerprint density at radius 1 is 1.29 bits per heavy atom. The van der Waals surface area contributed by atoms with E-state index in [2.05, 4.69) is 27.0 Å². The van der Waals surface area contributed by atoms with Crippen LogP contribution < -0.4 is 4.74 Å². The van der Waals surface area contributed by atoms with Crippen molar-refractivity contribution in [3.05, 3.63) is 69.5 Å². The van der Waals surface area contributed by atoms with Crippen molar-refractivity contribution in [3.8, 4) is 17.2 Å². The molecule has 0 bridgehead atoms. The highest BCUT2D eigenvalue weighted by atomic mass is 79.9. The number of carboxylic acids is 1. The van der Waals surface area contributed by atoms with Gasteiger partial charge in [-0.25, -0.2) is 4.98 Å². The number of benzene rings is 2. The molecule has 0 saturated heterocycles. The van der Waals surface area contributed by atoms with Gasteiger partial charge in [-0.1, -0.05) is 28.9 Å². The fourth-order valence-electron chi connectivity index (χ4n) is 4.41. The Morgan fingerprint density at radius 2 is 2.06 bits per heavy atom. The molecular weight excluding hydrogens is 458 g/mol. The van der Waals surface area contributed by atoms with Gasteiger partial charge in [0.05, 0.1) is 18.2 Å². The Morgan fingerprint density at radius 3 is 2.77 bits per heavy atom. The lowest BCUT2D eigenvalue weighted by atomic mass is 9.85. The van der Waals surface area contributed by atoms with E-state index >= 15 is 0 Å². The maximum absolute atomic E-state index is 11.6. The molecular formula is C25H26BrNO4. The van der Waals surface area contributed by atoms with Crippen LogP contribution in [0.4, 0.5) is 0 Å². The number of hydrogen-bond acceptors (Lipinski definition) is 4. The van der Waals surface area contributed by atoms with E-state index in [0.717, 1.165) is 45.6 Å². The van der Waals surface area contributed by atoms with Crippen LogP contribution in [0, 0.1) is 12.8 Å². The number of oxazole rings is 1. The number of aromatic nitrogens is 1. The summed E-state index contributed by atoms with van der Waals surface area (Å²) < 4.78 is 12.8. The van der Waals surface area contributed by atoms with Crippen LogP contribution in [0.25, 0.3) is 11.5 Å². The molecule has 4 rings (SSSR count). The van der Waals surface area contributed by atoms with E-state index in [0.29, 0.717) is 25.3 Å². The zero-order valence-corrected chi connectivity index (χ0v) is 19.3. The molecule has 1 unspecified atom stereocenters. The van der Waals surface area contributed by atoms with Gasteiger partial charge in [-0.3, -0.25) is 4.79 Å². The maximum atomic E-state index is 11.6. The van der Waals surface area contributed by atoms with Crippen LogP contribution >= 0.6 is 15.9 Å². The number of carboxylic acid groups (broad SMARTS) is 1. The molecule has 5 nitrogen and oxygen atoms in total. The summed E-state index contributed by atoms with van der Waals surface area (Å²) in [5.74, 6) is 1.32. The van der Waals surface area contributed by atoms with Gasteiger partial charge in [0, 0.05) is 16.5 Å². The molecule has 31 heavy (non-hydrogen) atoms. The quantitative estimate of drug-likeness (QED) is 0.414. The smallest absolute Gasteiger partial charge is 0.307 e. The summed E-state index contributed by atoms with van der Waals surface area (Å²) in [6.07, 6.45) is 3.10. The van der Waals surface area contributed by atoms with Gasteiger partial charge in [0.2, 0.25) is 5.89 Å². The standard InChI is InChI=1S/C25H26BrNO4/c1-3-20(25(28)29)22-10-6-17-14-19(9-11-21(17)22)30-13-12-23-15(2)31-24(27-23)16-4-7-18(26)8-5-16/h4-5,7-9,11,14,20,22H,3,6,10,12-13H2,1-2H3,(H,28,29)/t20?,22-/m0/s1. The minimum absolute atomic E-state index is 0.0985. The second kappa shape index (κ2) is 9.27. The predicted octanol–water partition coefficient (Wildman–Crippen LogP) is 6.17. The van der Waals surface area contributed by atoms with Gasteiger partial charge in [-0.2, -0.15) is 0 Å². The number of carbonyl (C=O) groups is 1. The molecule has 0 fully saturated rings. The molecule has 162 valence electrons. The van der Waals surface area contributed by atoms with Crippen LogP contribution in [0.3, 0.4) is 0 Å². The third kappa shape index (κ3) is 4.69. The minimum Gasteiger partial charge on any atom is -0.493 e. The fraction of sp³-hybridized carbons (Fsp3) is 0.360. The molecule has 0 saturated carbocycles. The van der Waals surface area contributed by atoms with Crippen molar-refractivity contribution >= 4 is 21.9 Å². The number of rotatable bonds is 8. The molecule has 0 amide bonds. The number of fused-ring (bicyclic) bond motifs is 1. The highest BCUT2D eigenvalue weighted by Gasteiger charge is 2.33. The largest absolute Gasteiger partial charge is 0.493 e. The normalized spacial score (nSPS) is 16.2. The van der Waals surface area contributed by atoms with Gasteiger partial charge < -0.3 is 14.3 Å². The SMILES string of the molecule is CCC(C(=O)O)[C@@H]1CCc2cc(OCCc3nc(-c4ccc(Br)cc4)oc3C)ccc21. The molecule has 1 aliphatic rings. The third-order valence-electron chi connectivity index (χ3n) is 6.07. The van der Waals surface area contributed by atoms with E-state index in [-0.39, 0.29) is 11.8 Å². The van der Waals surface area contributed by atoms with Crippen LogP contribution in [0.1, 0.15) is 48.3 Å². The molecule has 0 aliphatic heterocycles. The number of hydrogen-bond donors (Lipinski definition) is 1. The Balaban J connectivity index is 1.39. The number of nitrogens with zero attached hydrogens (tertiary/aromatic N) is 1. The van der Waals surface area contributed by atoms with Gasteiger partial charge in [0.25, 0.3) is 0 Å². The van der Waals surface area contributed by atoms with Gasteiger partial charge in [-0.05, 0) is 79.6 Å². The van der Waals surface area contributed by atoms with Crippen molar-refractivity contribution in [2.75, 3.05) is 6.61 Å². The predicted molar refractivity (Wildman–Crippen MR) is 122 cm³/mol. The van der Waals surface area contributed by atoms with Crippen LogP contribution in [0.15, 0.2) is 51.4 Å². The summed E-state index contributed by atoms with van der Waals surface area (Å²) >= 11 is 3.44. The zero-order valence-electron chi connectivity index (χ0n) is 17.7. The summed E-state index contributed by atoms with van der Waals surface area (Å²) in [4.78, 5) is 16.2. The molecule has 2 atom stereocenters. The van der Waals surface area contributed by atoms with Crippen molar-refractivity contribution in [2.24, 2.45) is 5.92 Å². The van der Waals surface area contributed by atoms with E-state index in [1.165, 1.54) is 5.56 Å². The second-order valence-corrected chi connectivity index (χ2v) is 8.90. The average Bonchev–Trinajstić information content (AvgIpc) is 3.32. The molecule has 1 aliphatic carbocycles. The number of aryl methyl sites for hydroxylation is 2. The lowest BCUT2D eigenvalue weighted by Gasteiger charge is -2.19. The summed E-state index contributed by atoms with van der Waals surface area (Å²) in [6, 6.07) is 13.9. The minimum atomic E-state index is -0.703. The molecule has 2 aromatic carbocycles. The molecule has 1 heterocycles. The Labute approximate surface area is 190 Å². The van der Waals surface area contributed by atoms with Crippen molar-refractivity contribution in [2.45, 2.75) is 45.4 Å². The van der Waals surface area contributed by atoms with E-state index in [4.69, 9.17) is 9.15 Å². The highest BCUT2D eigenvalue weighted by molar-refractivity contribution is 9.10. The van der Waals surface area contributed by atoms with Gasteiger partial charge in [0.1, 0.15) is 11.5 Å². The van der Waals surface area contributed by atoms with E-state index in [9.17, 15) is 9.90 Å². The molecule has 0 radical (unpaired) electrons. The zero-order chi connectivity index (χ0) is 22.0. The van der Waals surface area contributed by atoms with Crippen LogP contribution in [-0.4, -0.2) is 22.7 Å². The maximum Gasteiger partial charge on any atom is 0.307 e. The van der Waals surface area contributed by atoms with Gasteiger partial charge in [-0.15, -0.1) is 0 Å². The first kappa shape index (κ1) is 21.6. The third-order valence-corrected chi connectivity index (χ3v) is 6.60. The molecule has 6 heteroatoms. The summed E-state index contributed by atoms with van der Waals surface area (Å²) in [7, 11) is 0. The number of halogens is 1. The lowest BCUT2D eigenvalue weighted by Crippen LogP contribution is -2.19. The second-order valence-electron chi connectivity index (χ2n) is 7.99. The Hall–Kier alpha value is -2.60. The Kier molecular flexibility index (Phi) is 6.46. The summed E-state index contributed by atoms with van der Waals surface area (Å²) in [6.45, 7) is 4.37. The van der Waals surface area contributed by atoms with E-state index in [1.54, 1.807) is 0 Å². The molecule has 0 spiro atoms. The molecule has 3 aromatic rings. The average molecular weight is 484 g/mol. The first-order valence-electron chi connectivity index (χ1n) is 10.7. The van der Waals surface area contributed by atoms with Crippen LogP contribution in [0.5, 0.6) is 5.75 Å². The first-order valence-corrected chi connectivity index (χ1v) is 11.5. The van der Waals surface area contributed by atoms with Crippen molar-refractivity contribution in [1.29, 1.82) is 0 Å². The van der Waals surface area contributed by atoms with Crippen LogP contribution in [0.2, 0.25) is 0 Å². The van der Waals surface area contributed by atoms with Crippen molar-refractivity contribution in [1.82, 2.24) is 4.98 Å². The highest BCUT2D eigenvalue weighted by Crippen LogP contribution is 2.41. The fourth-order valence-corrected chi connectivity index (χ4v) is 4.67. The van der Waals surface area contributed by atoms with Crippen molar-refractivity contribution < 1.29 is 19.1 Å². The van der Waals surface area contributed by atoms with Gasteiger partial charge in [0.15, 0.2) is 0 Å². The Bertz CT molecular complexity index is 1070. The lowest BCUT2D eigenvalue weighted by molar-refractivity contribution is -0.142. The topological polar surface area (TPSA) is 72.6 Å². The molecule has 1 aromatic heterocycles. The number of aliphatic carboxylic acids is 1. The van der Waals surface area contributed by atoms with E-state index in [1.807, 2.05) is 50.2 Å².